The van der Waals surface area contributed by atoms with Crippen LogP contribution >= 0.6 is 11.8 Å². The van der Waals surface area contributed by atoms with Gasteiger partial charge >= 0.3 is 0 Å². The van der Waals surface area contributed by atoms with Gasteiger partial charge in [-0.25, -0.2) is 0 Å². The summed E-state index contributed by atoms with van der Waals surface area (Å²) in [6, 6.07) is 12.3. The van der Waals surface area contributed by atoms with Crippen LogP contribution in [0.4, 0.5) is 5.69 Å². The Kier molecular flexibility index (Phi) is 4.49. The summed E-state index contributed by atoms with van der Waals surface area (Å²) >= 11 is 1.40. The van der Waals surface area contributed by atoms with Gasteiger partial charge in [0.05, 0.1) is 4.91 Å². The van der Waals surface area contributed by atoms with Gasteiger partial charge in [-0.1, -0.05) is 0 Å². The number of hydrogen-bond acceptors (Lipinski definition) is 4. The Balaban J connectivity index is 1.94. The van der Waals surface area contributed by atoms with Crippen LogP contribution in [0.1, 0.15) is 5.69 Å². The van der Waals surface area contributed by atoms with E-state index in [9.17, 15) is 4.79 Å². The van der Waals surface area contributed by atoms with E-state index in [1.807, 2.05) is 38.5 Å². The van der Waals surface area contributed by atoms with Crippen molar-refractivity contribution in [1.82, 2.24) is 9.47 Å². The van der Waals surface area contributed by atoms with Crippen molar-refractivity contribution in [1.29, 1.82) is 0 Å². The van der Waals surface area contributed by atoms with Gasteiger partial charge in [0.2, 0.25) is 0 Å². The van der Waals surface area contributed by atoms with Gasteiger partial charge < -0.3 is 9.47 Å². The Labute approximate surface area is 146 Å². The highest BCUT2D eigenvalue weighted by molar-refractivity contribution is 8.18. The second-order valence-electron chi connectivity index (χ2n) is 5.69. The molecular formula is C18H20N4OS. The van der Waals surface area contributed by atoms with Crippen LogP contribution in [0.25, 0.3) is 11.8 Å². The molecule has 2 heterocycles. The largest absolute Gasteiger partial charge is 0.378 e. The first-order chi connectivity index (χ1) is 11.5. The highest BCUT2D eigenvalue weighted by Crippen LogP contribution is 2.31. The van der Waals surface area contributed by atoms with E-state index >= 15 is 0 Å². The van der Waals surface area contributed by atoms with Crippen LogP contribution in [0, 0.1) is 0 Å². The lowest BCUT2D eigenvalue weighted by Gasteiger charge is -2.13. The lowest BCUT2D eigenvalue weighted by atomic mass is 10.2. The molecule has 1 aromatic heterocycles. The van der Waals surface area contributed by atoms with E-state index in [1.165, 1.54) is 11.8 Å². The van der Waals surface area contributed by atoms with Crippen molar-refractivity contribution in [2.75, 3.05) is 33.1 Å². The molecule has 124 valence electrons. The van der Waals surface area contributed by atoms with Crippen LogP contribution in [0.5, 0.6) is 0 Å². The molecule has 3 rings (SSSR count). The number of rotatable bonds is 3. The molecule has 0 saturated carbocycles. The molecular weight excluding hydrogens is 320 g/mol. The number of hydrogen-bond donors (Lipinski definition) is 0. The average molecular weight is 340 g/mol. The summed E-state index contributed by atoms with van der Waals surface area (Å²) in [5, 5.41) is 0.722. The number of amidine groups is 1. The van der Waals surface area contributed by atoms with Crippen molar-refractivity contribution >= 4 is 34.6 Å². The Morgan fingerprint density at radius 2 is 1.88 bits per heavy atom. The second-order valence-corrected chi connectivity index (χ2v) is 6.70. The Morgan fingerprint density at radius 1 is 1.17 bits per heavy atom. The predicted molar refractivity (Wildman–Crippen MR) is 102 cm³/mol. The quantitative estimate of drug-likeness (QED) is 0.806. The van der Waals surface area contributed by atoms with Gasteiger partial charge in [-0.3, -0.25) is 14.7 Å². The molecule has 0 bridgehead atoms. The normalized spacial score (nSPS) is 18.0. The highest BCUT2D eigenvalue weighted by Gasteiger charge is 2.29. The standard InChI is InChI=1S/C18H20N4OS/c1-19-18-21(4)17(23)16(24-18)12-15-6-5-11-22(15)14-9-7-13(8-10-14)20(2)3/h5-12H,1-4H3/b16-12-,19-18?. The van der Waals surface area contributed by atoms with Gasteiger partial charge in [-0.2, -0.15) is 0 Å². The van der Waals surface area contributed by atoms with Crippen molar-refractivity contribution in [3.63, 3.8) is 0 Å². The van der Waals surface area contributed by atoms with E-state index < -0.39 is 0 Å². The zero-order valence-electron chi connectivity index (χ0n) is 14.2. The lowest BCUT2D eigenvalue weighted by molar-refractivity contribution is -0.121. The Bertz CT molecular complexity index is 818. The number of nitrogens with zero attached hydrogens (tertiary/aromatic N) is 4. The number of carbonyl (C=O) groups is 1. The minimum atomic E-state index is -0.0173. The molecule has 24 heavy (non-hydrogen) atoms. The molecule has 6 heteroatoms. The summed E-state index contributed by atoms with van der Waals surface area (Å²) < 4.78 is 2.07. The molecule has 0 aliphatic carbocycles. The molecule has 1 amide bonds. The summed E-state index contributed by atoms with van der Waals surface area (Å²) in [5.74, 6) is -0.0173. The van der Waals surface area contributed by atoms with Gasteiger partial charge in [0.1, 0.15) is 0 Å². The third-order valence-corrected chi connectivity index (χ3v) is 5.05. The smallest absolute Gasteiger partial charge is 0.266 e. The monoisotopic (exact) mass is 340 g/mol. The molecule has 2 aromatic rings. The van der Waals surface area contributed by atoms with Gasteiger partial charge in [0.25, 0.3) is 5.91 Å². The van der Waals surface area contributed by atoms with Gasteiger partial charge in [-0.05, 0) is 54.2 Å². The first kappa shape index (κ1) is 16.4. The van der Waals surface area contributed by atoms with Gasteiger partial charge in [0.15, 0.2) is 5.17 Å². The third-order valence-electron chi connectivity index (χ3n) is 3.90. The number of carbonyl (C=O) groups excluding carboxylic acids is 1. The topological polar surface area (TPSA) is 40.8 Å². The highest BCUT2D eigenvalue weighted by atomic mass is 32.2. The van der Waals surface area contributed by atoms with E-state index in [0.717, 1.165) is 22.2 Å². The number of aliphatic imine (C=N–C) groups is 1. The maximum Gasteiger partial charge on any atom is 0.266 e. The molecule has 1 fully saturated rings. The molecule has 1 aliphatic rings. The minimum Gasteiger partial charge on any atom is -0.378 e. The first-order valence-electron chi connectivity index (χ1n) is 7.61. The van der Waals surface area contributed by atoms with Gasteiger partial charge in [0, 0.05) is 51.5 Å². The zero-order chi connectivity index (χ0) is 17.3. The fraction of sp³-hybridized carbons (Fsp3) is 0.222. The molecule has 1 saturated heterocycles. The van der Waals surface area contributed by atoms with Crippen LogP contribution < -0.4 is 4.90 Å². The first-order valence-corrected chi connectivity index (χ1v) is 8.42. The number of anilines is 1. The molecule has 1 aliphatic heterocycles. The fourth-order valence-electron chi connectivity index (χ4n) is 2.54. The Morgan fingerprint density at radius 3 is 2.46 bits per heavy atom. The molecule has 0 radical (unpaired) electrons. The SMILES string of the molecule is CN=C1S/C(=C\c2cccn2-c2ccc(N(C)C)cc2)C(=O)N1C. The summed E-state index contributed by atoms with van der Waals surface area (Å²) in [6.07, 6.45) is 3.92. The lowest BCUT2D eigenvalue weighted by Crippen LogP contribution is -2.23. The molecule has 5 nitrogen and oxygen atoms in total. The number of thioether (sulfide) groups is 1. The van der Waals surface area contributed by atoms with Crippen molar-refractivity contribution in [3.8, 4) is 5.69 Å². The fourth-order valence-corrected chi connectivity index (χ4v) is 3.45. The van der Waals surface area contributed by atoms with Crippen LogP contribution in [-0.2, 0) is 4.79 Å². The van der Waals surface area contributed by atoms with E-state index in [4.69, 9.17) is 0 Å². The van der Waals surface area contributed by atoms with Gasteiger partial charge in [-0.15, -0.1) is 0 Å². The number of amides is 1. The summed E-state index contributed by atoms with van der Waals surface area (Å²) in [5.41, 5.74) is 3.18. The summed E-state index contributed by atoms with van der Waals surface area (Å²) in [7, 11) is 7.49. The van der Waals surface area contributed by atoms with Crippen LogP contribution in [0.15, 0.2) is 52.5 Å². The average Bonchev–Trinajstić information content (AvgIpc) is 3.15. The summed E-state index contributed by atoms with van der Waals surface area (Å²) in [6.45, 7) is 0. The third kappa shape index (κ3) is 2.97. The van der Waals surface area contributed by atoms with E-state index in [-0.39, 0.29) is 5.91 Å². The molecule has 0 unspecified atom stereocenters. The maximum absolute atomic E-state index is 12.3. The van der Waals surface area contributed by atoms with Crippen molar-refractivity contribution in [2.45, 2.75) is 0 Å². The number of likely N-dealkylation sites (N-methyl/N-ethyl adjacent to an activating group) is 1. The second kappa shape index (κ2) is 6.57. The van der Waals surface area contributed by atoms with Crippen molar-refractivity contribution in [2.24, 2.45) is 4.99 Å². The minimum absolute atomic E-state index is 0.0173. The van der Waals surface area contributed by atoms with Crippen molar-refractivity contribution in [3.05, 3.63) is 53.2 Å². The van der Waals surface area contributed by atoms with Crippen LogP contribution in [-0.4, -0.2) is 48.7 Å². The molecule has 0 spiro atoms. The predicted octanol–water partition coefficient (Wildman–Crippen LogP) is 3.08. The van der Waals surface area contributed by atoms with E-state index in [0.29, 0.717) is 4.91 Å². The zero-order valence-corrected chi connectivity index (χ0v) is 15.0. The van der Waals surface area contributed by atoms with E-state index in [1.54, 1.807) is 19.0 Å². The van der Waals surface area contributed by atoms with Crippen LogP contribution in [0.3, 0.4) is 0 Å². The van der Waals surface area contributed by atoms with Crippen LogP contribution in [0.2, 0.25) is 0 Å². The Hall–Kier alpha value is -2.47. The van der Waals surface area contributed by atoms with E-state index in [2.05, 4.69) is 38.7 Å². The number of benzene rings is 1. The molecule has 1 aromatic carbocycles. The molecule has 0 N–H and O–H groups in total. The summed E-state index contributed by atoms with van der Waals surface area (Å²) in [4.78, 5) is 20.8. The maximum atomic E-state index is 12.3. The van der Waals surface area contributed by atoms with Crippen molar-refractivity contribution < 1.29 is 4.79 Å². The number of aromatic nitrogens is 1. The molecule has 0 atom stereocenters.